The maximum absolute atomic E-state index is 2.44. The predicted octanol–water partition coefficient (Wildman–Crippen LogP) is 14.5. The molecule has 0 saturated heterocycles. The third kappa shape index (κ3) is 5.34. The van der Waals surface area contributed by atoms with Gasteiger partial charge in [-0.05, 0) is 99.1 Å². The van der Waals surface area contributed by atoms with Gasteiger partial charge < -0.3 is 9.13 Å². The smallest absolute Gasteiger partial charge is 0.0547 e. The largest absolute Gasteiger partial charge is 0.309 e. The summed E-state index contributed by atoms with van der Waals surface area (Å²) in [4.78, 5) is 0. The van der Waals surface area contributed by atoms with E-state index in [1.54, 1.807) is 0 Å². The van der Waals surface area contributed by atoms with Crippen LogP contribution in [0.4, 0.5) is 0 Å². The fraction of sp³-hybridized carbons (Fsp3) is 0. The minimum Gasteiger partial charge on any atom is -0.309 e. The molecule has 262 valence electrons. The Morgan fingerprint density at radius 3 is 1.11 bits per heavy atom. The van der Waals surface area contributed by atoms with Crippen LogP contribution < -0.4 is 0 Å². The Morgan fingerprint density at radius 2 is 0.571 bits per heavy atom. The molecule has 2 aromatic heterocycles. The highest BCUT2D eigenvalue weighted by atomic mass is 15.0. The van der Waals surface area contributed by atoms with Crippen LogP contribution in [0.15, 0.2) is 218 Å². The summed E-state index contributed by atoms with van der Waals surface area (Å²) in [7, 11) is 0. The van der Waals surface area contributed by atoms with Gasteiger partial charge in [-0.3, -0.25) is 0 Å². The van der Waals surface area contributed by atoms with Crippen LogP contribution in [0, 0.1) is 0 Å². The van der Waals surface area contributed by atoms with E-state index in [2.05, 4.69) is 228 Å². The zero-order valence-electron chi connectivity index (χ0n) is 30.7. The van der Waals surface area contributed by atoms with Gasteiger partial charge in [0.1, 0.15) is 0 Å². The van der Waals surface area contributed by atoms with Crippen LogP contribution >= 0.6 is 0 Å². The minimum absolute atomic E-state index is 1.14. The molecule has 9 aromatic carbocycles. The first-order chi connectivity index (χ1) is 27.8. The molecule has 11 rings (SSSR count). The number of hydrogen-bond donors (Lipinski definition) is 0. The molecule has 0 unspecified atom stereocenters. The first-order valence-electron chi connectivity index (χ1n) is 19.3. The van der Waals surface area contributed by atoms with E-state index in [1.165, 1.54) is 88.1 Å². The molecular formula is C54H36N2. The molecule has 56 heavy (non-hydrogen) atoms. The molecule has 2 nitrogen and oxygen atoms in total. The molecule has 0 aliphatic heterocycles. The number of rotatable bonds is 6. The first-order valence-corrected chi connectivity index (χ1v) is 19.3. The van der Waals surface area contributed by atoms with E-state index in [4.69, 9.17) is 0 Å². The van der Waals surface area contributed by atoms with Crippen LogP contribution in [0.3, 0.4) is 0 Å². The Kier molecular flexibility index (Phi) is 7.53. The molecule has 0 fully saturated rings. The minimum atomic E-state index is 1.14. The Hall–Kier alpha value is -7.42. The number of para-hydroxylation sites is 1. The van der Waals surface area contributed by atoms with Crippen LogP contribution in [0.1, 0.15) is 0 Å². The number of hydrogen-bond acceptors (Lipinski definition) is 0. The van der Waals surface area contributed by atoms with Crippen molar-refractivity contribution >= 4 is 43.6 Å². The van der Waals surface area contributed by atoms with Crippen molar-refractivity contribution in [2.24, 2.45) is 0 Å². The van der Waals surface area contributed by atoms with Gasteiger partial charge in [0, 0.05) is 32.9 Å². The fourth-order valence-corrected chi connectivity index (χ4v) is 8.63. The Morgan fingerprint density at radius 1 is 0.196 bits per heavy atom. The molecule has 2 heterocycles. The van der Waals surface area contributed by atoms with Gasteiger partial charge in [0.25, 0.3) is 0 Å². The van der Waals surface area contributed by atoms with Crippen molar-refractivity contribution in [3.05, 3.63) is 218 Å². The first kappa shape index (κ1) is 32.0. The molecular weight excluding hydrogens is 677 g/mol. The zero-order valence-corrected chi connectivity index (χ0v) is 30.7. The topological polar surface area (TPSA) is 9.86 Å². The molecule has 0 amide bonds. The van der Waals surface area contributed by atoms with Crippen molar-refractivity contribution in [3.8, 4) is 55.9 Å². The predicted molar refractivity (Wildman–Crippen MR) is 237 cm³/mol. The summed E-state index contributed by atoms with van der Waals surface area (Å²) in [6.45, 7) is 0. The standard InChI is InChI=1S/C54H36N2/c1-4-14-37(15-5-1)40-20-12-22-45(32-40)55-51-25-11-10-24-47(51)48-29-26-43(35-53(48)55)44-27-30-49-50-34-42(39-18-8-3-9-19-39)28-31-52(50)56(54(49)36-44)46-23-13-21-41(33-46)38-16-6-2-7-17-38/h1-36H. The number of fused-ring (bicyclic) bond motifs is 6. The molecule has 11 aromatic rings. The van der Waals surface area contributed by atoms with Gasteiger partial charge in [0.15, 0.2) is 0 Å². The summed E-state index contributed by atoms with van der Waals surface area (Å²) in [5.41, 5.74) is 16.7. The lowest BCUT2D eigenvalue weighted by atomic mass is 10.00. The lowest BCUT2D eigenvalue weighted by Crippen LogP contribution is -1.95. The van der Waals surface area contributed by atoms with Gasteiger partial charge in [-0.1, -0.05) is 164 Å². The van der Waals surface area contributed by atoms with E-state index in [0.717, 1.165) is 11.4 Å². The number of aromatic nitrogens is 2. The normalized spacial score (nSPS) is 11.6. The van der Waals surface area contributed by atoms with Crippen molar-refractivity contribution in [3.63, 3.8) is 0 Å². The Balaban J connectivity index is 1.12. The van der Waals surface area contributed by atoms with Gasteiger partial charge in [-0.25, -0.2) is 0 Å². The lowest BCUT2D eigenvalue weighted by molar-refractivity contribution is 1.18. The van der Waals surface area contributed by atoms with Crippen LogP contribution in [0.2, 0.25) is 0 Å². The van der Waals surface area contributed by atoms with Crippen molar-refractivity contribution in [2.45, 2.75) is 0 Å². The van der Waals surface area contributed by atoms with Gasteiger partial charge >= 0.3 is 0 Å². The third-order valence-electron chi connectivity index (χ3n) is 11.3. The highest BCUT2D eigenvalue weighted by Gasteiger charge is 2.18. The second-order valence-electron chi connectivity index (χ2n) is 14.6. The summed E-state index contributed by atoms with van der Waals surface area (Å²) >= 11 is 0. The van der Waals surface area contributed by atoms with E-state index in [0.29, 0.717) is 0 Å². The summed E-state index contributed by atoms with van der Waals surface area (Å²) in [5, 5.41) is 4.98. The molecule has 0 radical (unpaired) electrons. The van der Waals surface area contributed by atoms with E-state index in [1.807, 2.05) is 0 Å². The summed E-state index contributed by atoms with van der Waals surface area (Å²) in [6, 6.07) is 79.5. The molecule has 0 aliphatic carbocycles. The highest BCUT2D eigenvalue weighted by Crippen LogP contribution is 2.40. The van der Waals surface area contributed by atoms with E-state index < -0.39 is 0 Å². The van der Waals surface area contributed by atoms with Crippen LogP contribution in [0.5, 0.6) is 0 Å². The van der Waals surface area contributed by atoms with Gasteiger partial charge in [0.2, 0.25) is 0 Å². The summed E-state index contributed by atoms with van der Waals surface area (Å²) < 4.78 is 4.87. The molecule has 0 N–H and O–H groups in total. The fourth-order valence-electron chi connectivity index (χ4n) is 8.63. The summed E-state index contributed by atoms with van der Waals surface area (Å²) in [6.07, 6.45) is 0. The van der Waals surface area contributed by atoms with E-state index in [9.17, 15) is 0 Å². The average Bonchev–Trinajstić information content (AvgIpc) is 3.79. The zero-order chi connectivity index (χ0) is 37.0. The van der Waals surface area contributed by atoms with Crippen molar-refractivity contribution in [1.29, 1.82) is 0 Å². The highest BCUT2D eigenvalue weighted by molar-refractivity contribution is 6.13. The van der Waals surface area contributed by atoms with Crippen molar-refractivity contribution in [2.75, 3.05) is 0 Å². The van der Waals surface area contributed by atoms with Crippen LogP contribution in [-0.4, -0.2) is 9.13 Å². The number of nitrogens with zero attached hydrogens (tertiary/aromatic N) is 2. The maximum Gasteiger partial charge on any atom is 0.0547 e. The number of benzene rings is 9. The quantitative estimate of drug-likeness (QED) is 0.162. The molecule has 0 bridgehead atoms. The van der Waals surface area contributed by atoms with Gasteiger partial charge in [-0.15, -0.1) is 0 Å². The third-order valence-corrected chi connectivity index (χ3v) is 11.3. The Bertz CT molecular complexity index is 3220. The van der Waals surface area contributed by atoms with Crippen molar-refractivity contribution in [1.82, 2.24) is 9.13 Å². The van der Waals surface area contributed by atoms with E-state index in [-0.39, 0.29) is 0 Å². The van der Waals surface area contributed by atoms with Crippen LogP contribution in [-0.2, 0) is 0 Å². The SMILES string of the molecule is c1ccc(-c2cccc(-n3c4ccccc4c4ccc(-c5ccc6c7cc(-c8ccccc8)ccc7n(-c7cccc(-c8ccccc8)c7)c6c5)cc43)c2)cc1. The van der Waals surface area contributed by atoms with Gasteiger partial charge in [0.05, 0.1) is 22.1 Å². The summed E-state index contributed by atoms with van der Waals surface area (Å²) in [5.74, 6) is 0. The maximum atomic E-state index is 2.44. The monoisotopic (exact) mass is 712 g/mol. The molecule has 0 spiro atoms. The molecule has 2 heteroatoms. The van der Waals surface area contributed by atoms with Crippen LogP contribution in [0.25, 0.3) is 99.5 Å². The lowest BCUT2D eigenvalue weighted by Gasteiger charge is -2.12. The average molecular weight is 713 g/mol. The Labute approximate surface area is 325 Å². The van der Waals surface area contributed by atoms with E-state index >= 15 is 0 Å². The molecule has 0 atom stereocenters. The molecule has 0 saturated carbocycles. The second-order valence-corrected chi connectivity index (χ2v) is 14.6. The van der Waals surface area contributed by atoms with Gasteiger partial charge in [-0.2, -0.15) is 0 Å². The second kappa shape index (κ2) is 13.2. The molecule has 0 aliphatic rings. The van der Waals surface area contributed by atoms with Crippen molar-refractivity contribution < 1.29 is 0 Å².